The van der Waals surface area contributed by atoms with Crippen molar-refractivity contribution in [2.24, 2.45) is 11.7 Å². The summed E-state index contributed by atoms with van der Waals surface area (Å²) in [5.74, 6) is -4.28. The molecule has 1 aliphatic carbocycles. The van der Waals surface area contributed by atoms with Gasteiger partial charge in [-0.15, -0.1) is 0 Å². The van der Waals surface area contributed by atoms with E-state index in [1.54, 1.807) is 19.9 Å². The molecule has 2 aromatic heterocycles. The van der Waals surface area contributed by atoms with E-state index in [1.165, 1.54) is 10.6 Å². The zero-order valence-corrected chi connectivity index (χ0v) is 34.9. The highest BCUT2D eigenvalue weighted by Gasteiger charge is 2.46. The van der Waals surface area contributed by atoms with Gasteiger partial charge in [-0.3, -0.25) is 24.0 Å². The maximum atomic E-state index is 15.5. The number of nitrogens with one attached hydrogen (secondary N) is 3. The maximum absolute atomic E-state index is 15.5. The number of carbonyl (C=O) groups is 5. The van der Waals surface area contributed by atoms with Gasteiger partial charge in [-0.1, -0.05) is 37.3 Å². The largest absolute Gasteiger partial charge is 0.458 e. The summed E-state index contributed by atoms with van der Waals surface area (Å²) >= 11 is 0. The first-order valence-electron chi connectivity index (χ1n) is 20.5. The summed E-state index contributed by atoms with van der Waals surface area (Å²) in [4.78, 5) is 85.4. The Hall–Kier alpha value is -5.84. The van der Waals surface area contributed by atoms with Crippen LogP contribution in [0.2, 0.25) is 0 Å². The number of aliphatic hydroxyl groups is 1. The summed E-state index contributed by atoms with van der Waals surface area (Å²) in [5, 5.41) is 20.5. The van der Waals surface area contributed by atoms with E-state index in [1.807, 2.05) is 51.1 Å². The number of benzene rings is 2. The van der Waals surface area contributed by atoms with Crippen LogP contribution in [0.15, 0.2) is 47.3 Å². The molecule has 4 aromatic rings. The number of halogens is 1. The van der Waals surface area contributed by atoms with Gasteiger partial charge in [-0.2, -0.15) is 0 Å². The first kappa shape index (κ1) is 43.3. The smallest absolute Gasteiger partial charge is 0.343 e. The summed E-state index contributed by atoms with van der Waals surface area (Å²) in [6.07, 6.45) is 0.637. The number of pyridine rings is 2. The Morgan fingerprint density at radius 2 is 1.84 bits per heavy atom. The Bertz CT molecular complexity index is 2520. The van der Waals surface area contributed by atoms with Crippen molar-refractivity contribution in [3.05, 3.63) is 97.6 Å². The Morgan fingerprint density at radius 1 is 1.10 bits per heavy atom. The van der Waals surface area contributed by atoms with E-state index >= 15 is 4.39 Å². The lowest BCUT2D eigenvalue weighted by molar-refractivity contribution is -0.172. The minimum Gasteiger partial charge on any atom is -0.458 e. The van der Waals surface area contributed by atoms with Gasteiger partial charge in [0.1, 0.15) is 18.5 Å². The maximum Gasteiger partial charge on any atom is 0.343 e. The molecule has 0 bridgehead atoms. The fourth-order valence-electron chi connectivity index (χ4n) is 8.55. The molecular weight excluding hydrogens is 788 g/mol. The predicted octanol–water partition coefficient (Wildman–Crippen LogP) is 2.82. The van der Waals surface area contributed by atoms with Crippen LogP contribution in [0.5, 0.6) is 0 Å². The normalized spacial score (nSPS) is 18.6. The molecule has 0 unspecified atom stereocenters. The van der Waals surface area contributed by atoms with Crippen LogP contribution in [0.1, 0.15) is 91.9 Å². The third-order valence-corrected chi connectivity index (χ3v) is 11.8. The molecule has 61 heavy (non-hydrogen) atoms. The molecule has 0 fully saturated rings. The second kappa shape index (κ2) is 16.9. The molecule has 3 aliphatic rings. The highest BCUT2D eigenvalue weighted by atomic mass is 19.1. The average Bonchev–Trinajstić information content (AvgIpc) is 3.60. The van der Waals surface area contributed by atoms with E-state index in [0.29, 0.717) is 51.8 Å². The number of amides is 3. The number of cyclic esters (lactones) is 1. The quantitative estimate of drug-likeness (QED) is 0.102. The molecule has 3 amide bonds. The van der Waals surface area contributed by atoms with Gasteiger partial charge in [-0.25, -0.2) is 14.2 Å². The Kier molecular flexibility index (Phi) is 12.0. The summed E-state index contributed by atoms with van der Waals surface area (Å²) in [7, 11) is 0. The minimum absolute atomic E-state index is 0.0418. The molecule has 0 saturated heterocycles. The van der Waals surface area contributed by atoms with Crippen molar-refractivity contribution in [1.82, 2.24) is 25.5 Å². The van der Waals surface area contributed by atoms with Crippen LogP contribution < -0.4 is 27.2 Å². The number of hydrogen-bond donors (Lipinski definition) is 5. The summed E-state index contributed by atoms with van der Waals surface area (Å²) in [6.45, 7) is 7.65. The monoisotopic (exact) mass is 838 g/mol. The number of fused-ring (bicyclic) bond motifs is 5. The fourth-order valence-corrected chi connectivity index (χ4v) is 8.55. The number of aryl methyl sites for hydroxylation is 1. The number of ether oxygens (including phenoxy) is 2. The Morgan fingerprint density at radius 3 is 2.52 bits per heavy atom. The van der Waals surface area contributed by atoms with Gasteiger partial charge in [0.05, 0.1) is 60.4 Å². The van der Waals surface area contributed by atoms with Crippen molar-refractivity contribution in [3.8, 4) is 11.4 Å². The van der Waals surface area contributed by atoms with Crippen LogP contribution in [0.25, 0.3) is 22.3 Å². The molecule has 0 radical (unpaired) electrons. The lowest BCUT2D eigenvalue weighted by atomic mass is 9.81. The van der Waals surface area contributed by atoms with Crippen LogP contribution in [-0.2, 0) is 65.0 Å². The average molecular weight is 839 g/mol. The number of carbonyl (C=O) groups excluding carboxylic acids is 5. The van der Waals surface area contributed by atoms with Gasteiger partial charge in [0.2, 0.25) is 17.7 Å². The topological polar surface area (TPSA) is 221 Å². The van der Waals surface area contributed by atoms with Crippen LogP contribution >= 0.6 is 0 Å². The van der Waals surface area contributed by atoms with E-state index < -0.39 is 70.1 Å². The highest BCUT2D eigenvalue weighted by Crippen LogP contribution is 2.46. The second-order valence-electron chi connectivity index (χ2n) is 17.0. The van der Waals surface area contributed by atoms with Gasteiger partial charge < -0.3 is 40.8 Å². The van der Waals surface area contributed by atoms with Crippen molar-refractivity contribution < 1.29 is 42.9 Å². The second-order valence-corrected chi connectivity index (χ2v) is 17.0. The minimum atomic E-state index is -2.05. The summed E-state index contributed by atoms with van der Waals surface area (Å²) in [6, 6.07) is 10.1. The van der Waals surface area contributed by atoms with E-state index in [2.05, 4.69) is 16.0 Å². The van der Waals surface area contributed by atoms with Gasteiger partial charge in [0.15, 0.2) is 11.4 Å². The molecule has 4 atom stereocenters. The number of esters is 1. The lowest BCUT2D eigenvalue weighted by Gasteiger charge is -2.32. The number of aromatic nitrogens is 2. The van der Waals surface area contributed by atoms with Crippen LogP contribution in [-0.4, -0.2) is 75.5 Å². The van der Waals surface area contributed by atoms with Gasteiger partial charge in [-0.05, 0) is 81.7 Å². The summed E-state index contributed by atoms with van der Waals surface area (Å²) in [5.41, 5.74) is 6.66. The molecule has 6 N–H and O–H groups in total. The van der Waals surface area contributed by atoms with Crippen molar-refractivity contribution in [3.63, 3.8) is 0 Å². The molecule has 322 valence electrons. The van der Waals surface area contributed by atoms with Crippen molar-refractivity contribution in [1.29, 1.82) is 0 Å². The molecule has 15 nitrogen and oxygen atoms in total. The summed E-state index contributed by atoms with van der Waals surface area (Å²) < 4.78 is 28.3. The van der Waals surface area contributed by atoms with Crippen molar-refractivity contribution in [2.75, 3.05) is 19.7 Å². The van der Waals surface area contributed by atoms with Gasteiger partial charge in [0, 0.05) is 34.9 Å². The Labute approximate surface area is 351 Å². The fraction of sp³-hybridized carbons (Fsp3) is 0.444. The molecule has 2 aliphatic heterocycles. The number of hydrogen-bond acceptors (Lipinski definition) is 11. The molecule has 2 aromatic carbocycles. The number of ketones is 1. The van der Waals surface area contributed by atoms with E-state index in [0.717, 1.165) is 11.1 Å². The predicted molar refractivity (Wildman–Crippen MR) is 221 cm³/mol. The lowest BCUT2D eigenvalue weighted by Crippen LogP contribution is -2.53. The third kappa shape index (κ3) is 8.44. The molecule has 7 rings (SSSR count). The van der Waals surface area contributed by atoms with E-state index in [4.69, 9.17) is 20.2 Å². The molecule has 16 heteroatoms. The molecule has 0 saturated carbocycles. The van der Waals surface area contributed by atoms with E-state index in [-0.39, 0.29) is 63.2 Å². The first-order valence-corrected chi connectivity index (χ1v) is 20.5. The molecular formula is C45H51FN6O9. The van der Waals surface area contributed by atoms with Crippen molar-refractivity contribution >= 4 is 40.4 Å². The zero-order chi connectivity index (χ0) is 44.0. The van der Waals surface area contributed by atoms with Crippen LogP contribution in [0.3, 0.4) is 0 Å². The first-order chi connectivity index (χ1) is 28.9. The molecule has 4 heterocycles. The van der Waals surface area contributed by atoms with Crippen molar-refractivity contribution in [2.45, 2.75) is 103 Å². The highest BCUT2D eigenvalue weighted by molar-refractivity contribution is 5.96. The van der Waals surface area contributed by atoms with Crippen LogP contribution in [0, 0.1) is 18.7 Å². The number of nitrogens with zero attached hydrogens (tertiary/aromatic N) is 2. The zero-order valence-electron chi connectivity index (χ0n) is 34.9. The molecule has 0 spiro atoms. The number of nitrogens with two attached hydrogens (primary N) is 1. The van der Waals surface area contributed by atoms with Crippen LogP contribution in [0.4, 0.5) is 4.39 Å². The third-order valence-electron chi connectivity index (χ3n) is 11.8. The SMILES string of the molecule is CC[C@@]1(O)C(=O)OCc2c1cc1n(c2=O)Cc2c-1nc1cc(F)c(C)c3c1c2[C@@H](NC(=O)[C@H](COC(C)(C)C)NC(=O)[C@@H](CC(=O)CNC(=O)CN)Cc1ccccc1)CC3. The number of Topliss-reactive ketones (excluding diaryl/α,β-unsaturated/α-hetero) is 1. The number of rotatable bonds is 14. The standard InChI is InChI=1S/C45H51FN6O9/c1-6-45(59)30-16-35-39-28(20-52(35)42(57)29(30)21-60-43(45)58)38-32(13-12-27-23(2)31(46)17-33(49-39)37(27)38)50-41(56)34(22-61-44(3,4)5)51-40(55)25(14-24-10-8-7-9-11-24)15-26(53)19-48-36(54)18-47/h7-11,16-17,25,32,34,59H,6,12-15,18-22,47H2,1-5H3,(H,48,54)(H,50,56)(H,51,55)/t25-,32+,34+,45+/m1/s1. The van der Waals surface area contributed by atoms with Gasteiger partial charge in [0.25, 0.3) is 5.56 Å². The Balaban J connectivity index is 1.25. The van der Waals surface area contributed by atoms with E-state index in [9.17, 15) is 33.9 Å². The van der Waals surface area contributed by atoms with Gasteiger partial charge >= 0.3 is 5.97 Å².